The number of carbonyl (C=O) groups is 1. The number of amides is 1. The first kappa shape index (κ1) is 19.3. The maximum atomic E-state index is 12.7. The first-order chi connectivity index (χ1) is 13.3. The molecule has 1 amide bonds. The zero-order valence-corrected chi connectivity index (χ0v) is 17.2. The summed E-state index contributed by atoms with van der Waals surface area (Å²) in [5.74, 6) is 1.18. The summed E-state index contributed by atoms with van der Waals surface area (Å²) in [7, 11) is -3.76. The number of carbonyl (C=O) groups excluding carboxylic acids is 1. The summed E-state index contributed by atoms with van der Waals surface area (Å²) < 4.78 is 27.9. The van der Waals surface area contributed by atoms with Gasteiger partial charge < -0.3 is 5.32 Å². The number of benzene rings is 2. The van der Waals surface area contributed by atoms with Gasteiger partial charge in [0.1, 0.15) is 0 Å². The highest BCUT2D eigenvalue weighted by molar-refractivity contribution is 7.92. The van der Waals surface area contributed by atoms with Crippen molar-refractivity contribution in [3.05, 3.63) is 58.6 Å². The van der Waals surface area contributed by atoms with E-state index in [0.717, 1.165) is 17.9 Å². The topological polar surface area (TPSA) is 75.3 Å². The van der Waals surface area contributed by atoms with Crippen LogP contribution in [0.1, 0.15) is 41.6 Å². The van der Waals surface area contributed by atoms with Crippen molar-refractivity contribution in [2.75, 3.05) is 4.72 Å². The number of hydrogen-bond acceptors (Lipinski definition) is 3. The average molecular weight is 419 g/mol. The van der Waals surface area contributed by atoms with E-state index in [2.05, 4.69) is 10.0 Å². The van der Waals surface area contributed by atoms with Crippen LogP contribution in [-0.2, 0) is 10.0 Å². The van der Waals surface area contributed by atoms with E-state index in [4.69, 9.17) is 11.6 Å². The maximum Gasteiger partial charge on any atom is 0.261 e. The molecule has 2 aromatic rings. The first-order valence-corrected chi connectivity index (χ1v) is 11.4. The quantitative estimate of drug-likeness (QED) is 0.757. The van der Waals surface area contributed by atoms with Crippen LogP contribution in [0.15, 0.2) is 47.4 Å². The van der Waals surface area contributed by atoms with Crippen LogP contribution < -0.4 is 10.0 Å². The Labute approximate surface area is 170 Å². The van der Waals surface area contributed by atoms with E-state index < -0.39 is 10.0 Å². The van der Waals surface area contributed by atoms with E-state index in [1.807, 2.05) is 0 Å². The van der Waals surface area contributed by atoms with E-state index in [1.165, 1.54) is 43.5 Å². The summed E-state index contributed by atoms with van der Waals surface area (Å²) in [4.78, 5) is 12.8. The van der Waals surface area contributed by atoms with Gasteiger partial charge in [-0.25, -0.2) is 8.42 Å². The summed E-state index contributed by atoms with van der Waals surface area (Å²) >= 11 is 5.84. The standard InChI is InChI=1S/C21H23ClN2O3S/c1-13-2-4-16(21(25)23-20-11-14-3-5-15(20)10-14)12-19(13)24-28(26,27)18-8-6-17(22)7-9-18/h2,4,6-9,12,14-15,20,24H,3,5,10-11H2,1H3,(H,23,25)/t14-,15-,20+/m1/s1. The second kappa shape index (κ2) is 7.41. The van der Waals surface area contributed by atoms with Gasteiger partial charge in [-0.3, -0.25) is 9.52 Å². The molecule has 2 aliphatic rings. The molecule has 0 radical (unpaired) electrons. The normalized spacial score (nSPS) is 23.6. The number of halogens is 1. The molecule has 28 heavy (non-hydrogen) atoms. The number of anilines is 1. The third-order valence-corrected chi connectivity index (χ3v) is 7.56. The number of aryl methyl sites for hydroxylation is 1. The second-order valence-corrected chi connectivity index (χ2v) is 9.96. The fourth-order valence-corrected chi connectivity index (χ4v) is 5.61. The molecule has 2 saturated carbocycles. The van der Waals surface area contributed by atoms with Gasteiger partial charge in [-0.05, 0) is 80.0 Å². The molecule has 0 heterocycles. The Morgan fingerprint density at radius 1 is 1.07 bits per heavy atom. The van der Waals surface area contributed by atoms with Gasteiger partial charge in [-0.2, -0.15) is 0 Å². The predicted octanol–water partition coefficient (Wildman–Crippen LogP) is 4.37. The molecule has 0 spiro atoms. The number of sulfonamides is 1. The summed E-state index contributed by atoms with van der Waals surface area (Å²) in [6, 6.07) is 11.3. The lowest BCUT2D eigenvalue weighted by Gasteiger charge is -2.23. The van der Waals surface area contributed by atoms with E-state index >= 15 is 0 Å². The zero-order valence-electron chi connectivity index (χ0n) is 15.6. The Balaban J connectivity index is 1.52. The molecule has 0 unspecified atom stereocenters. The van der Waals surface area contributed by atoms with Crippen LogP contribution in [0.3, 0.4) is 0 Å². The zero-order chi connectivity index (χ0) is 19.9. The summed E-state index contributed by atoms with van der Waals surface area (Å²) in [5.41, 5.74) is 1.60. The number of rotatable bonds is 5. The van der Waals surface area contributed by atoms with Gasteiger partial charge in [0.05, 0.1) is 10.6 Å². The third-order valence-electron chi connectivity index (χ3n) is 5.92. The molecule has 4 rings (SSSR count). The van der Waals surface area contributed by atoms with Crippen molar-refractivity contribution in [3.63, 3.8) is 0 Å². The Kier molecular flexibility index (Phi) is 5.10. The van der Waals surface area contributed by atoms with E-state index in [0.29, 0.717) is 22.2 Å². The van der Waals surface area contributed by atoms with Crippen LogP contribution in [0.25, 0.3) is 0 Å². The highest BCUT2D eigenvalue weighted by Crippen LogP contribution is 2.44. The second-order valence-electron chi connectivity index (χ2n) is 7.84. The number of nitrogens with one attached hydrogen (secondary N) is 2. The minimum Gasteiger partial charge on any atom is -0.349 e. The largest absolute Gasteiger partial charge is 0.349 e. The highest BCUT2D eigenvalue weighted by Gasteiger charge is 2.40. The summed E-state index contributed by atoms with van der Waals surface area (Å²) in [5, 5.41) is 3.61. The van der Waals surface area contributed by atoms with Gasteiger partial charge in [0.2, 0.25) is 0 Å². The monoisotopic (exact) mass is 418 g/mol. The van der Waals surface area contributed by atoms with Crippen molar-refractivity contribution >= 4 is 33.2 Å². The molecule has 2 N–H and O–H groups in total. The molecular weight excluding hydrogens is 396 g/mol. The lowest BCUT2D eigenvalue weighted by atomic mass is 9.95. The van der Waals surface area contributed by atoms with Gasteiger partial charge in [-0.15, -0.1) is 0 Å². The van der Waals surface area contributed by atoms with Crippen LogP contribution in [0.2, 0.25) is 5.02 Å². The van der Waals surface area contributed by atoms with Crippen molar-refractivity contribution < 1.29 is 13.2 Å². The molecule has 0 saturated heterocycles. The van der Waals surface area contributed by atoms with Crippen molar-refractivity contribution in [3.8, 4) is 0 Å². The van der Waals surface area contributed by atoms with Gasteiger partial charge in [0.15, 0.2) is 0 Å². The van der Waals surface area contributed by atoms with E-state index in [1.54, 1.807) is 25.1 Å². The lowest BCUT2D eigenvalue weighted by molar-refractivity contribution is 0.0923. The minimum atomic E-state index is -3.76. The molecule has 5 nitrogen and oxygen atoms in total. The van der Waals surface area contributed by atoms with Crippen molar-refractivity contribution in [2.45, 2.75) is 43.5 Å². The lowest BCUT2D eigenvalue weighted by Crippen LogP contribution is -2.38. The summed E-state index contributed by atoms with van der Waals surface area (Å²) in [6.45, 7) is 1.80. The Bertz CT molecular complexity index is 1000. The van der Waals surface area contributed by atoms with Gasteiger partial charge >= 0.3 is 0 Å². The minimum absolute atomic E-state index is 0.119. The Morgan fingerprint density at radius 2 is 1.82 bits per heavy atom. The van der Waals surface area contributed by atoms with Gasteiger partial charge in [-0.1, -0.05) is 24.1 Å². The third kappa shape index (κ3) is 3.89. The van der Waals surface area contributed by atoms with Crippen molar-refractivity contribution in [2.24, 2.45) is 11.8 Å². The SMILES string of the molecule is Cc1ccc(C(=O)N[C@H]2C[C@@H]3CC[C@@H]2C3)cc1NS(=O)(=O)c1ccc(Cl)cc1. The number of hydrogen-bond donors (Lipinski definition) is 2. The van der Waals surface area contributed by atoms with Crippen LogP contribution >= 0.6 is 11.6 Å². The van der Waals surface area contributed by atoms with Crippen LogP contribution in [0.5, 0.6) is 0 Å². The predicted molar refractivity (Wildman–Crippen MR) is 110 cm³/mol. The molecule has 0 aliphatic heterocycles. The molecule has 2 fully saturated rings. The maximum absolute atomic E-state index is 12.7. The molecule has 2 bridgehead atoms. The van der Waals surface area contributed by atoms with Crippen LogP contribution in [-0.4, -0.2) is 20.4 Å². The molecule has 0 aromatic heterocycles. The Hall–Kier alpha value is -2.05. The molecule has 2 aromatic carbocycles. The number of fused-ring (bicyclic) bond motifs is 2. The Morgan fingerprint density at radius 3 is 2.46 bits per heavy atom. The highest BCUT2D eigenvalue weighted by atomic mass is 35.5. The van der Waals surface area contributed by atoms with Crippen LogP contribution in [0, 0.1) is 18.8 Å². The van der Waals surface area contributed by atoms with E-state index in [-0.39, 0.29) is 16.8 Å². The summed E-state index contributed by atoms with van der Waals surface area (Å²) in [6.07, 6.45) is 4.73. The molecule has 7 heteroatoms. The van der Waals surface area contributed by atoms with Crippen LogP contribution in [0.4, 0.5) is 5.69 Å². The molecule has 3 atom stereocenters. The van der Waals surface area contributed by atoms with Crippen molar-refractivity contribution in [1.82, 2.24) is 5.32 Å². The first-order valence-electron chi connectivity index (χ1n) is 9.52. The molecular formula is C21H23ClN2O3S. The molecule has 2 aliphatic carbocycles. The van der Waals surface area contributed by atoms with Gasteiger partial charge in [0.25, 0.3) is 15.9 Å². The van der Waals surface area contributed by atoms with Crippen molar-refractivity contribution in [1.29, 1.82) is 0 Å². The fourth-order valence-electron chi connectivity index (χ4n) is 4.36. The fraction of sp³-hybridized carbons (Fsp3) is 0.381. The van der Waals surface area contributed by atoms with Gasteiger partial charge in [0, 0.05) is 16.6 Å². The molecule has 148 valence electrons. The average Bonchev–Trinajstić information content (AvgIpc) is 3.26. The van der Waals surface area contributed by atoms with E-state index in [9.17, 15) is 13.2 Å². The smallest absolute Gasteiger partial charge is 0.261 e.